The molecule has 0 fully saturated rings. The Balaban J connectivity index is 2.49. The lowest BCUT2D eigenvalue weighted by Crippen LogP contribution is -1.90. The first-order valence-electron chi connectivity index (χ1n) is 4.06. The minimum atomic E-state index is 0.987. The summed E-state index contributed by atoms with van der Waals surface area (Å²) in [7, 11) is 1.87. The highest BCUT2D eigenvalue weighted by molar-refractivity contribution is 7.08. The smallest absolute Gasteiger partial charge is 0.00277 e. The van der Waals surface area contributed by atoms with Gasteiger partial charge in [0.15, 0.2) is 0 Å². The van der Waals surface area contributed by atoms with E-state index < -0.39 is 0 Å². The van der Waals surface area contributed by atoms with Gasteiger partial charge in [-0.2, -0.15) is 11.3 Å². The van der Waals surface area contributed by atoms with Crippen LogP contribution in [0, 0.1) is 0 Å². The quantitative estimate of drug-likeness (QED) is 0.721. The predicted molar refractivity (Wildman–Crippen MR) is 60.7 cm³/mol. The fraction of sp³-hybridized carbons (Fsp3) is 0.0909. The molecule has 0 amide bonds. The number of nitrogens with one attached hydrogen (secondary N) is 1. The van der Waals surface area contributed by atoms with Gasteiger partial charge < -0.3 is 5.32 Å². The second-order valence-electron chi connectivity index (χ2n) is 2.59. The van der Waals surface area contributed by atoms with Crippen molar-refractivity contribution in [2.75, 3.05) is 7.05 Å². The van der Waals surface area contributed by atoms with Gasteiger partial charge >= 0.3 is 0 Å². The minimum Gasteiger partial charge on any atom is -0.394 e. The third-order valence-electron chi connectivity index (χ3n) is 1.50. The summed E-state index contributed by atoms with van der Waals surface area (Å²) >= 11 is 1.70. The van der Waals surface area contributed by atoms with Crippen molar-refractivity contribution >= 4 is 17.4 Å². The van der Waals surface area contributed by atoms with E-state index in [1.165, 1.54) is 5.56 Å². The first-order chi connectivity index (χ1) is 6.33. The Bertz CT molecular complexity index is 307. The van der Waals surface area contributed by atoms with Gasteiger partial charge in [0.25, 0.3) is 0 Å². The van der Waals surface area contributed by atoms with E-state index in [0.29, 0.717) is 0 Å². The Morgan fingerprint density at radius 1 is 1.54 bits per heavy atom. The standard InChI is InChI=1S/C11H13NS/c1-10(5-7-12-2)3-4-11-6-8-13-9-11/h3-9,12H,1H2,2H3/b4-3+,7-5-. The molecule has 1 nitrogen and oxygen atoms in total. The molecule has 0 bridgehead atoms. The Morgan fingerprint density at radius 3 is 3.00 bits per heavy atom. The van der Waals surface area contributed by atoms with Gasteiger partial charge in [-0.05, 0) is 40.2 Å². The normalized spacial score (nSPS) is 11.2. The Kier molecular flexibility index (Phi) is 4.06. The molecule has 0 aliphatic carbocycles. The van der Waals surface area contributed by atoms with Crippen LogP contribution < -0.4 is 5.32 Å². The molecule has 0 atom stereocenters. The first-order valence-corrected chi connectivity index (χ1v) is 5.00. The largest absolute Gasteiger partial charge is 0.394 e. The number of hydrogen-bond donors (Lipinski definition) is 1. The van der Waals surface area contributed by atoms with Crippen LogP contribution in [0.2, 0.25) is 0 Å². The van der Waals surface area contributed by atoms with Gasteiger partial charge in [0.05, 0.1) is 0 Å². The van der Waals surface area contributed by atoms with E-state index in [0.717, 1.165) is 5.57 Å². The summed E-state index contributed by atoms with van der Waals surface area (Å²) in [5.41, 5.74) is 2.21. The molecule has 0 radical (unpaired) electrons. The lowest BCUT2D eigenvalue weighted by Gasteiger charge is -1.89. The van der Waals surface area contributed by atoms with Crippen LogP contribution in [0.3, 0.4) is 0 Å². The molecule has 13 heavy (non-hydrogen) atoms. The van der Waals surface area contributed by atoms with Crippen molar-refractivity contribution in [3.05, 3.63) is 52.9 Å². The molecule has 0 saturated carbocycles. The predicted octanol–water partition coefficient (Wildman–Crippen LogP) is 3.05. The van der Waals surface area contributed by atoms with Crippen LogP contribution in [0.25, 0.3) is 6.08 Å². The van der Waals surface area contributed by atoms with Crippen LogP contribution in [0.4, 0.5) is 0 Å². The Hall–Kier alpha value is -1.28. The van der Waals surface area contributed by atoms with E-state index in [1.807, 2.05) is 25.4 Å². The summed E-state index contributed by atoms with van der Waals surface area (Å²) in [6.45, 7) is 3.88. The van der Waals surface area contributed by atoms with Crippen molar-refractivity contribution in [3.63, 3.8) is 0 Å². The lowest BCUT2D eigenvalue weighted by molar-refractivity contribution is 1.10. The zero-order chi connectivity index (χ0) is 9.52. The minimum absolute atomic E-state index is 0.987. The summed E-state index contributed by atoms with van der Waals surface area (Å²) < 4.78 is 0. The third-order valence-corrected chi connectivity index (χ3v) is 2.20. The molecule has 68 valence electrons. The van der Waals surface area contributed by atoms with Crippen molar-refractivity contribution in [1.29, 1.82) is 0 Å². The Morgan fingerprint density at radius 2 is 2.38 bits per heavy atom. The topological polar surface area (TPSA) is 12.0 Å². The molecular formula is C11H13NS. The van der Waals surface area contributed by atoms with E-state index in [9.17, 15) is 0 Å². The van der Waals surface area contributed by atoms with Gasteiger partial charge in [0, 0.05) is 7.05 Å². The fourth-order valence-electron chi connectivity index (χ4n) is 0.819. The Labute approximate surface area is 83.1 Å². The molecular weight excluding hydrogens is 178 g/mol. The summed E-state index contributed by atoms with van der Waals surface area (Å²) in [5, 5.41) is 7.08. The van der Waals surface area contributed by atoms with Crippen LogP contribution in [0.1, 0.15) is 5.56 Å². The molecule has 1 N–H and O–H groups in total. The van der Waals surface area contributed by atoms with Crippen molar-refractivity contribution < 1.29 is 0 Å². The molecule has 1 aromatic heterocycles. The molecule has 0 aromatic carbocycles. The fourth-order valence-corrected chi connectivity index (χ4v) is 1.45. The molecule has 0 saturated heterocycles. The number of rotatable bonds is 4. The zero-order valence-electron chi connectivity index (χ0n) is 7.66. The van der Waals surface area contributed by atoms with E-state index in [1.54, 1.807) is 11.3 Å². The summed E-state index contributed by atoms with van der Waals surface area (Å²) in [6.07, 6.45) is 7.85. The summed E-state index contributed by atoms with van der Waals surface area (Å²) in [4.78, 5) is 0. The first kappa shape index (κ1) is 9.81. The molecule has 1 rings (SSSR count). The van der Waals surface area contributed by atoms with Crippen LogP contribution in [-0.4, -0.2) is 7.05 Å². The monoisotopic (exact) mass is 191 g/mol. The SMILES string of the molecule is C=C(/C=C\NC)/C=C/c1ccsc1. The van der Waals surface area contributed by atoms with E-state index in [2.05, 4.69) is 34.8 Å². The van der Waals surface area contributed by atoms with Crippen molar-refractivity contribution in [3.8, 4) is 0 Å². The third kappa shape index (κ3) is 3.76. The lowest BCUT2D eigenvalue weighted by atomic mass is 10.2. The van der Waals surface area contributed by atoms with Crippen LogP contribution in [0.5, 0.6) is 0 Å². The van der Waals surface area contributed by atoms with Crippen molar-refractivity contribution in [1.82, 2.24) is 5.32 Å². The van der Waals surface area contributed by atoms with Gasteiger partial charge in [-0.1, -0.05) is 18.7 Å². The molecule has 2 heteroatoms. The van der Waals surface area contributed by atoms with Gasteiger partial charge in [0.2, 0.25) is 0 Å². The number of allylic oxidation sites excluding steroid dienone is 3. The number of hydrogen-bond acceptors (Lipinski definition) is 2. The second kappa shape index (κ2) is 5.38. The molecule has 1 heterocycles. The van der Waals surface area contributed by atoms with Crippen LogP contribution >= 0.6 is 11.3 Å². The average molecular weight is 191 g/mol. The van der Waals surface area contributed by atoms with Crippen LogP contribution in [-0.2, 0) is 0 Å². The van der Waals surface area contributed by atoms with Crippen molar-refractivity contribution in [2.24, 2.45) is 0 Å². The zero-order valence-corrected chi connectivity index (χ0v) is 8.47. The summed E-state index contributed by atoms with van der Waals surface area (Å²) in [5.74, 6) is 0. The number of thiophene rings is 1. The van der Waals surface area contributed by atoms with Gasteiger partial charge in [-0.3, -0.25) is 0 Å². The highest BCUT2D eigenvalue weighted by atomic mass is 32.1. The van der Waals surface area contributed by atoms with E-state index >= 15 is 0 Å². The summed E-state index contributed by atoms with van der Waals surface area (Å²) in [6, 6.07) is 2.08. The molecule has 0 spiro atoms. The molecule has 0 aliphatic heterocycles. The van der Waals surface area contributed by atoms with Gasteiger partial charge in [-0.15, -0.1) is 0 Å². The molecule has 0 aliphatic rings. The van der Waals surface area contributed by atoms with Gasteiger partial charge in [-0.25, -0.2) is 0 Å². The maximum absolute atomic E-state index is 3.88. The second-order valence-corrected chi connectivity index (χ2v) is 3.37. The average Bonchev–Trinajstić information content (AvgIpc) is 2.64. The van der Waals surface area contributed by atoms with E-state index in [4.69, 9.17) is 0 Å². The molecule has 0 unspecified atom stereocenters. The maximum Gasteiger partial charge on any atom is 0.00277 e. The van der Waals surface area contributed by atoms with Crippen LogP contribution in [0.15, 0.2) is 47.3 Å². The van der Waals surface area contributed by atoms with E-state index in [-0.39, 0.29) is 0 Å². The van der Waals surface area contributed by atoms with Gasteiger partial charge in [0.1, 0.15) is 0 Å². The highest BCUT2D eigenvalue weighted by Gasteiger charge is 1.84. The van der Waals surface area contributed by atoms with Crippen molar-refractivity contribution in [2.45, 2.75) is 0 Å². The molecule has 1 aromatic rings. The maximum atomic E-state index is 3.88. The highest BCUT2D eigenvalue weighted by Crippen LogP contribution is 2.09.